The minimum absolute atomic E-state index is 0. The zero-order valence-corrected chi connectivity index (χ0v) is 46.2. The summed E-state index contributed by atoms with van der Waals surface area (Å²) in [5.74, 6) is 3.16. The van der Waals surface area contributed by atoms with Crippen molar-refractivity contribution >= 4 is 55.6 Å². The quantitative estimate of drug-likeness (QED) is 0.135. The summed E-state index contributed by atoms with van der Waals surface area (Å²) in [7, 11) is 0. The molecule has 0 saturated carbocycles. The van der Waals surface area contributed by atoms with E-state index in [4.69, 9.17) is 14.7 Å². The number of aromatic nitrogens is 4. The number of aryl methyl sites for hydroxylation is 3. The number of pyridine rings is 1. The van der Waals surface area contributed by atoms with Gasteiger partial charge in [0.1, 0.15) is 11.6 Å². The number of fused-ring (bicyclic) bond motifs is 7. The zero-order chi connectivity index (χ0) is 51.8. The summed E-state index contributed by atoms with van der Waals surface area (Å²) < 4.78 is 11.7. The first-order chi connectivity index (χ1) is 37.7. The van der Waals surface area contributed by atoms with Gasteiger partial charge in [0, 0.05) is 91.0 Å². The van der Waals surface area contributed by atoms with Crippen LogP contribution in [0.5, 0.6) is 11.5 Å². The van der Waals surface area contributed by atoms with Crippen LogP contribution >= 0.6 is 0 Å². The predicted octanol–water partition coefficient (Wildman–Crippen LogP) is 17.9. The molecule has 14 rings (SSSR count). The Morgan fingerprint density at radius 3 is 1.90 bits per heavy atom. The van der Waals surface area contributed by atoms with E-state index in [9.17, 15) is 0 Å². The van der Waals surface area contributed by atoms with Gasteiger partial charge >= 0.3 is 0 Å². The predicted molar refractivity (Wildman–Crippen MR) is 316 cm³/mol. The first-order valence-electron chi connectivity index (χ1n) is 26.8. The number of rotatable bonds is 9. The second kappa shape index (κ2) is 19.8. The molecule has 78 heavy (non-hydrogen) atoms. The number of nitrogens with zero attached hydrogens (tertiary/aromatic N) is 6. The minimum atomic E-state index is -0.227. The van der Waals surface area contributed by atoms with Crippen molar-refractivity contribution in [2.24, 2.45) is 0 Å². The molecular formula is C70H55N6OPt-3. The number of benzene rings is 9. The van der Waals surface area contributed by atoms with Gasteiger partial charge in [-0.1, -0.05) is 178 Å². The Labute approximate surface area is 470 Å². The van der Waals surface area contributed by atoms with E-state index in [-0.39, 0.29) is 26.5 Å². The molecule has 0 radical (unpaired) electrons. The van der Waals surface area contributed by atoms with Crippen molar-refractivity contribution in [1.29, 1.82) is 0 Å². The maximum Gasteiger partial charge on any atom is 0.135 e. The van der Waals surface area contributed by atoms with Crippen LogP contribution in [0.2, 0.25) is 0 Å². The second-order valence-corrected chi connectivity index (χ2v) is 21.4. The molecule has 0 aliphatic carbocycles. The third-order valence-corrected chi connectivity index (χ3v) is 15.5. The Hall–Kier alpha value is -8.51. The number of anilines is 4. The minimum Gasteiger partial charge on any atom is -0.509 e. The number of hydrogen-bond acceptors (Lipinski definition) is 5. The molecule has 2 aliphatic rings. The van der Waals surface area contributed by atoms with E-state index in [0.717, 1.165) is 138 Å². The summed E-state index contributed by atoms with van der Waals surface area (Å²) in [4.78, 5) is 15.2. The van der Waals surface area contributed by atoms with E-state index in [0.29, 0.717) is 11.5 Å². The van der Waals surface area contributed by atoms with Crippen LogP contribution in [-0.2, 0) is 39.4 Å². The van der Waals surface area contributed by atoms with Crippen LogP contribution in [0.4, 0.5) is 22.7 Å². The molecule has 0 saturated heterocycles. The van der Waals surface area contributed by atoms with Crippen molar-refractivity contribution in [1.82, 2.24) is 19.1 Å². The third kappa shape index (κ3) is 8.58. The fraction of sp³-hybridized carbons (Fsp3) is 0.129. The number of imidazole rings is 1. The van der Waals surface area contributed by atoms with Crippen molar-refractivity contribution in [2.45, 2.75) is 58.9 Å². The second-order valence-electron chi connectivity index (χ2n) is 21.4. The molecule has 7 nitrogen and oxygen atoms in total. The third-order valence-electron chi connectivity index (χ3n) is 15.5. The van der Waals surface area contributed by atoms with Gasteiger partial charge in [-0.3, -0.25) is 0 Å². The summed E-state index contributed by atoms with van der Waals surface area (Å²) in [5.41, 5.74) is 19.4. The van der Waals surface area contributed by atoms with Gasteiger partial charge in [0.2, 0.25) is 0 Å². The van der Waals surface area contributed by atoms with Crippen LogP contribution in [0.15, 0.2) is 206 Å². The molecule has 0 spiro atoms. The van der Waals surface area contributed by atoms with Crippen molar-refractivity contribution < 1.29 is 25.8 Å². The first-order valence-corrected chi connectivity index (χ1v) is 26.8. The Kier molecular flexibility index (Phi) is 12.5. The van der Waals surface area contributed by atoms with Crippen molar-refractivity contribution in [2.75, 3.05) is 9.80 Å². The Morgan fingerprint density at radius 2 is 1.19 bits per heavy atom. The van der Waals surface area contributed by atoms with Crippen LogP contribution < -0.4 is 14.5 Å². The Balaban J connectivity index is 0.00000579. The van der Waals surface area contributed by atoms with Gasteiger partial charge in [0.05, 0.1) is 11.0 Å². The zero-order valence-electron chi connectivity index (χ0n) is 43.9. The molecule has 0 N–H and O–H groups in total. The van der Waals surface area contributed by atoms with Gasteiger partial charge in [0.25, 0.3) is 0 Å². The van der Waals surface area contributed by atoms with Gasteiger partial charge in [-0.2, -0.15) is 6.07 Å². The molecule has 2 aliphatic heterocycles. The summed E-state index contributed by atoms with van der Waals surface area (Å²) in [6.07, 6.45) is 5.29. The van der Waals surface area contributed by atoms with Crippen molar-refractivity contribution in [3.63, 3.8) is 0 Å². The molecule has 12 aromatic rings. The molecule has 9 aromatic carbocycles. The van der Waals surface area contributed by atoms with Gasteiger partial charge in [-0.25, -0.2) is 9.97 Å². The average molecular weight is 1190 g/mol. The van der Waals surface area contributed by atoms with Crippen LogP contribution in [-0.4, -0.2) is 19.1 Å². The normalized spacial score (nSPS) is 13.2. The largest absolute Gasteiger partial charge is 0.509 e. The smallest absolute Gasteiger partial charge is 0.135 e. The van der Waals surface area contributed by atoms with Crippen LogP contribution in [0, 0.1) is 25.7 Å². The van der Waals surface area contributed by atoms with E-state index in [1.165, 1.54) is 11.1 Å². The van der Waals surface area contributed by atoms with Gasteiger partial charge < -0.3 is 23.7 Å². The molecule has 0 amide bonds. The number of hydrogen-bond donors (Lipinski definition) is 0. The van der Waals surface area contributed by atoms with Crippen LogP contribution in [0.3, 0.4) is 0 Å². The molecule has 0 unspecified atom stereocenters. The van der Waals surface area contributed by atoms with Gasteiger partial charge in [-0.05, 0) is 88.2 Å². The van der Waals surface area contributed by atoms with Gasteiger partial charge in [-0.15, -0.1) is 53.6 Å². The van der Waals surface area contributed by atoms with Gasteiger partial charge in [0.15, 0.2) is 0 Å². The number of para-hydroxylation sites is 2. The molecule has 8 heteroatoms. The summed E-state index contributed by atoms with van der Waals surface area (Å²) in [6, 6.07) is 78.8. The van der Waals surface area contributed by atoms with Crippen molar-refractivity contribution in [3.8, 4) is 61.8 Å². The molecule has 0 bridgehead atoms. The van der Waals surface area contributed by atoms with Crippen LogP contribution in [0.25, 0.3) is 83.2 Å². The fourth-order valence-electron chi connectivity index (χ4n) is 11.7. The number of ether oxygens (including phenoxy) is 1. The maximum atomic E-state index is 7.03. The van der Waals surface area contributed by atoms with E-state index in [1.54, 1.807) is 0 Å². The molecule has 0 fully saturated rings. The van der Waals surface area contributed by atoms with E-state index in [1.807, 2.05) is 12.3 Å². The first kappa shape index (κ1) is 49.1. The van der Waals surface area contributed by atoms with E-state index < -0.39 is 0 Å². The molecular weight excluding hydrogens is 1140 g/mol. The van der Waals surface area contributed by atoms with E-state index in [2.05, 4.69) is 260 Å². The maximum absolute atomic E-state index is 7.03. The fourth-order valence-corrected chi connectivity index (χ4v) is 11.7. The topological polar surface area (TPSA) is 51.4 Å². The average Bonchev–Trinajstić information content (AvgIpc) is 4.27. The summed E-state index contributed by atoms with van der Waals surface area (Å²) >= 11 is 0. The summed E-state index contributed by atoms with van der Waals surface area (Å²) in [6.45, 7) is 12.1. The van der Waals surface area contributed by atoms with E-state index >= 15 is 0 Å². The van der Waals surface area contributed by atoms with Crippen molar-refractivity contribution in [3.05, 3.63) is 242 Å². The molecule has 0 atom stereocenters. The molecule has 5 heterocycles. The van der Waals surface area contributed by atoms with Crippen LogP contribution in [0.1, 0.15) is 50.6 Å². The summed E-state index contributed by atoms with van der Waals surface area (Å²) in [5, 5.41) is 2.19. The standard InChI is InChI=1S/C70H55N6O.Pt/c1-46-37-68(71-44-60(46)57-28-15-14-27-54(57)47-21-8-5-9-22-47)76-62-32-17-16-29-58(62)59-35-34-52(41-63(59)76)77-53-39-50(70(2,3)4)38-51(40-53)74-45-75(66-43-64-61(42-65(66)74)72-67-33-18-19-36-73(64)67)69-55(48-23-10-6-11-24-48)30-20-31-56(69)49-25-12-7-13-26-49;/h5-17,20-32,34-35,37-39,42-45H,18-19,33,36H2,1-4H3;/q-3;. The Bertz CT molecular complexity index is 4180. The SMILES string of the molecule is Cc1cc(-n2c3[c-]c(Oc4[c-]c(N5[CH-]N(c6c(-c7ccccc7)cccc6-c6ccccc6)c6cc7c(cc65)nc5n7CCCC5)cc(C(C)(C)C)c4)ccc3c3ccccc32)ncc1-c1ccccc1-c1ccccc1.[Pt]. The molecule has 3 aromatic heterocycles. The monoisotopic (exact) mass is 1190 g/mol. The molecule has 384 valence electrons. The Morgan fingerprint density at radius 1 is 0.551 bits per heavy atom.